The quantitative estimate of drug-likeness (QED) is 0.425. The van der Waals surface area contributed by atoms with Crippen LogP contribution in [0.5, 0.6) is 0 Å². The number of carbonyl (C=O) groups is 2. The van der Waals surface area contributed by atoms with Crippen molar-refractivity contribution in [3.63, 3.8) is 0 Å². The van der Waals surface area contributed by atoms with Crippen LogP contribution in [0.2, 0.25) is 0 Å². The lowest BCUT2D eigenvalue weighted by atomic mass is 9.81. The van der Waals surface area contributed by atoms with Crippen molar-refractivity contribution in [2.24, 2.45) is 11.3 Å². The van der Waals surface area contributed by atoms with Gasteiger partial charge in [-0.25, -0.2) is 5.48 Å². The van der Waals surface area contributed by atoms with Gasteiger partial charge in [-0.3, -0.25) is 14.8 Å². The zero-order valence-corrected chi connectivity index (χ0v) is 14.8. The minimum atomic E-state index is -0.580. The van der Waals surface area contributed by atoms with Crippen LogP contribution in [0, 0.1) is 11.3 Å². The van der Waals surface area contributed by atoms with Crippen LogP contribution < -0.4 is 16.1 Å². The molecule has 0 bridgehead atoms. The van der Waals surface area contributed by atoms with Crippen molar-refractivity contribution in [3.8, 4) is 0 Å². The Kier molecular flexibility index (Phi) is 4.69. The zero-order chi connectivity index (χ0) is 18.1. The minimum absolute atomic E-state index is 0.0910. The van der Waals surface area contributed by atoms with Crippen molar-refractivity contribution in [1.29, 1.82) is 0 Å². The standard InChI is InChI=1S/C19H26N4O3/c24-17(22-26)15-10-19(5-6-19)12-21-16(15)18(25)23-8-3-13(4-9-23)14-2-1-7-20-11-14/h1-3,8,15-16,20-21,26H,4-7,9-12H2,(H,22,24)/t15-,16-/m0/s1. The van der Waals surface area contributed by atoms with Gasteiger partial charge in [0, 0.05) is 32.4 Å². The van der Waals surface area contributed by atoms with Gasteiger partial charge in [0.15, 0.2) is 0 Å². The molecule has 3 heterocycles. The first kappa shape index (κ1) is 17.5. The number of amides is 2. The lowest BCUT2D eigenvalue weighted by Gasteiger charge is -2.38. The van der Waals surface area contributed by atoms with E-state index in [0.29, 0.717) is 13.0 Å². The van der Waals surface area contributed by atoms with Crippen LogP contribution in [-0.4, -0.2) is 54.1 Å². The van der Waals surface area contributed by atoms with Crippen LogP contribution in [0.15, 0.2) is 35.6 Å². The van der Waals surface area contributed by atoms with Crippen molar-refractivity contribution in [3.05, 3.63) is 35.6 Å². The fraction of sp³-hybridized carbons (Fsp3) is 0.579. The topological polar surface area (TPSA) is 93.7 Å². The lowest BCUT2D eigenvalue weighted by Crippen LogP contribution is -2.58. The van der Waals surface area contributed by atoms with E-state index in [9.17, 15) is 9.59 Å². The van der Waals surface area contributed by atoms with Gasteiger partial charge in [-0.2, -0.15) is 0 Å². The van der Waals surface area contributed by atoms with Gasteiger partial charge in [0.05, 0.1) is 12.0 Å². The lowest BCUT2D eigenvalue weighted by molar-refractivity contribution is -0.143. The van der Waals surface area contributed by atoms with E-state index >= 15 is 0 Å². The maximum absolute atomic E-state index is 13.0. The minimum Gasteiger partial charge on any atom is -0.317 e. The number of rotatable bonds is 2. The summed E-state index contributed by atoms with van der Waals surface area (Å²) in [5.41, 5.74) is 4.40. The van der Waals surface area contributed by atoms with E-state index in [2.05, 4.69) is 22.8 Å². The number of hydrogen-bond acceptors (Lipinski definition) is 5. The first-order valence-corrected chi connectivity index (χ1v) is 9.37. The number of allylic oxidation sites excluding steroid dienone is 1. The molecule has 0 unspecified atom stereocenters. The largest absolute Gasteiger partial charge is 0.317 e. The molecule has 1 aliphatic carbocycles. The summed E-state index contributed by atoms with van der Waals surface area (Å²) in [6, 6.07) is -0.580. The molecule has 7 nitrogen and oxygen atoms in total. The molecule has 3 aliphatic heterocycles. The van der Waals surface area contributed by atoms with Gasteiger partial charge in [-0.15, -0.1) is 0 Å². The van der Waals surface area contributed by atoms with Crippen molar-refractivity contribution in [2.45, 2.75) is 31.7 Å². The maximum Gasteiger partial charge on any atom is 0.248 e. The monoisotopic (exact) mass is 358 g/mol. The summed E-state index contributed by atoms with van der Waals surface area (Å²) in [5, 5.41) is 15.7. The molecule has 4 aliphatic rings. The van der Waals surface area contributed by atoms with Crippen LogP contribution in [-0.2, 0) is 9.59 Å². The Morgan fingerprint density at radius 1 is 1.27 bits per heavy atom. The predicted octanol–water partition coefficient (Wildman–Crippen LogP) is 0.452. The van der Waals surface area contributed by atoms with Crippen LogP contribution in [0.1, 0.15) is 25.7 Å². The van der Waals surface area contributed by atoms with Gasteiger partial charge >= 0.3 is 0 Å². The Morgan fingerprint density at radius 2 is 2.12 bits per heavy atom. The van der Waals surface area contributed by atoms with Crippen LogP contribution in [0.4, 0.5) is 0 Å². The van der Waals surface area contributed by atoms with E-state index < -0.39 is 17.9 Å². The number of nitrogens with one attached hydrogen (secondary N) is 3. The van der Waals surface area contributed by atoms with E-state index in [-0.39, 0.29) is 11.3 Å². The van der Waals surface area contributed by atoms with Crippen molar-refractivity contribution >= 4 is 11.8 Å². The Morgan fingerprint density at radius 3 is 2.73 bits per heavy atom. The third-order valence-electron chi connectivity index (χ3n) is 6.09. The van der Waals surface area contributed by atoms with Crippen LogP contribution in [0.3, 0.4) is 0 Å². The normalized spacial score (nSPS) is 32.6. The molecule has 0 aromatic carbocycles. The Hall–Kier alpha value is -1.96. The number of hydrogen-bond donors (Lipinski definition) is 4. The van der Waals surface area contributed by atoms with Crippen LogP contribution >= 0.6 is 0 Å². The summed E-state index contributed by atoms with van der Waals surface area (Å²) in [4.78, 5) is 26.8. The highest BCUT2D eigenvalue weighted by atomic mass is 16.5. The van der Waals surface area contributed by atoms with Gasteiger partial charge in [0.2, 0.25) is 11.8 Å². The van der Waals surface area contributed by atoms with Gasteiger partial charge in [-0.1, -0.05) is 12.2 Å². The van der Waals surface area contributed by atoms with E-state index in [4.69, 9.17) is 5.21 Å². The zero-order valence-electron chi connectivity index (χ0n) is 14.8. The molecule has 0 aromatic rings. The van der Waals surface area contributed by atoms with E-state index in [0.717, 1.165) is 38.9 Å². The van der Waals surface area contributed by atoms with Crippen molar-refractivity contribution in [1.82, 2.24) is 21.0 Å². The summed E-state index contributed by atoms with van der Waals surface area (Å²) in [7, 11) is 0. The molecule has 0 radical (unpaired) electrons. The highest BCUT2D eigenvalue weighted by molar-refractivity contribution is 5.90. The molecule has 2 atom stereocenters. The van der Waals surface area contributed by atoms with E-state index in [1.165, 1.54) is 11.1 Å². The Balaban J connectivity index is 1.47. The first-order valence-electron chi connectivity index (χ1n) is 9.37. The van der Waals surface area contributed by atoms with E-state index in [1.54, 1.807) is 10.4 Å². The SMILES string of the molecule is O=C(NO)[C@H]1CC2(CC2)CN[C@@H]1C(=O)N1C=CC(=C2C=CCNC2)CC1. The average Bonchev–Trinajstić information content (AvgIpc) is 3.46. The number of piperidine rings is 1. The molecule has 1 spiro atoms. The predicted molar refractivity (Wildman–Crippen MR) is 96.0 cm³/mol. The smallest absolute Gasteiger partial charge is 0.248 e. The second kappa shape index (κ2) is 6.98. The van der Waals surface area contributed by atoms with Gasteiger partial charge in [0.1, 0.15) is 0 Å². The van der Waals surface area contributed by atoms with Crippen molar-refractivity contribution in [2.75, 3.05) is 26.2 Å². The summed E-state index contributed by atoms with van der Waals surface area (Å²) in [5.74, 6) is -1.09. The molecule has 1 saturated heterocycles. The molecule has 2 amide bonds. The molecule has 4 N–H and O–H groups in total. The fourth-order valence-corrected chi connectivity index (χ4v) is 4.25. The van der Waals surface area contributed by atoms with Crippen molar-refractivity contribution < 1.29 is 14.8 Å². The second-order valence-electron chi connectivity index (χ2n) is 7.83. The first-order chi connectivity index (χ1) is 12.6. The van der Waals surface area contributed by atoms with Gasteiger partial charge < -0.3 is 15.5 Å². The Bertz CT molecular complexity index is 693. The highest BCUT2D eigenvalue weighted by Crippen LogP contribution is 2.52. The van der Waals surface area contributed by atoms with Gasteiger partial charge in [-0.05, 0) is 48.3 Å². The molecule has 2 fully saturated rings. The highest BCUT2D eigenvalue weighted by Gasteiger charge is 2.52. The molecular weight excluding hydrogens is 332 g/mol. The third-order valence-corrected chi connectivity index (χ3v) is 6.09. The Labute approximate surface area is 153 Å². The molecule has 140 valence electrons. The molecule has 1 saturated carbocycles. The number of hydroxylamine groups is 1. The molecule has 0 aromatic heterocycles. The third kappa shape index (κ3) is 3.34. The molecule has 4 rings (SSSR count). The fourth-order valence-electron chi connectivity index (χ4n) is 4.25. The summed E-state index contributed by atoms with van der Waals surface area (Å²) < 4.78 is 0. The molecular formula is C19H26N4O3. The number of carbonyl (C=O) groups excluding carboxylic acids is 2. The summed E-state index contributed by atoms with van der Waals surface area (Å²) >= 11 is 0. The maximum atomic E-state index is 13.0. The average molecular weight is 358 g/mol. The number of nitrogens with zero attached hydrogens (tertiary/aromatic N) is 1. The second-order valence-corrected chi connectivity index (χ2v) is 7.83. The molecule has 26 heavy (non-hydrogen) atoms. The summed E-state index contributed by atoms with van der Waals surface area (Å²) in [6.45, 7) is 3.13. The van der Waals surface area contributed by atoms with Crippen LogP contribution in [0.25, 0.3) is 0 Å². The van der Waals surface area contributed by atoms with Gasteiger partial charge in [0.25, 0.3) is 0 Å². The van der Waals surface area contributed by atoms with E-state index in [1.807, 2.05) is 12.3 Å². The molecule has 7 heteroatoms. The summed E-state index contributed by atoms with van der Waals surface area (Å²) in [6.07, 6.45) is 11.7.